The number of aryl methyl sites for hydroxylation is 1. The molecule has 5 nitrogen and oxygen atoms in total. The summed E-state index contributed by atoms with van der Waals surface area (Å²) >= 11 is 0. The molecular formula is C14H25N5. The van der Waals surface area contributed by atoms with Gasteiger partial charge >= 0.3 is 0 Å². The smallest absolute Gasteiger partial charge is 0.156 e. The van der Waals surface area contributed by atoms with Crippen molar-refractivity contribution in [3.63, 3.8) is 0 Å². The molecule has 0 bridgehead atoms. The zero-order valence-electron chi connectivity index (χ0n) is 12.6. The maximum absolute atomic E-state index is 5.91. The second-order valence-electron chi connectivity index (χ2n) is 5.83. The summed E-state index contributed by atoms with van der Waals surface area (Å²) in [7, 11) is 4.28. The van der Waals surface area contributed by atoms with Crippen molar-refractivity contribution < 1.29 is 0 Å². The van der Waals surface area contributed by atoms with Crippen molar-refractivity contribution in [1.82, 2.24) is 15.1 Å². The molecule has 2 unspecified atom stereocenters. The van der Waals surface area contributed by atoms with Gasteiger partial charge in [0.15, 0.2) is 5.82 Å². The minimum Gasteiger partial charge on any atom is -0.353 e. The maximum atomic E-state index is 5.91. The van der Waals surface area contributed by atoms with Crippen molar-refractivity contribution in [1.29, 1.82) is 0 Å². The molecular weight excluding hydrogens is 238 g/mol. The fraction of sp³-hybridized carbons (Fsp3) is 0.714. The molecule has 2 atom stereocenters. The Morgan fingerprint density at radius 1 is 1.26 bits per heavy atom. The summed E-state index contributed by atoms with van der Waals surface area (Å²) in [5.41, 5.74) is 9.20. The Bertz CT molecular complexity index is 457. The Hall–Kier alpha value is -1.20. The lowest BCUT2D eigenvalue weighted by Gasteiger charge is -2.23. The molecule has 1 saturated heterocycles. The first-order valence-electron chi connectivity index (χ1n) is 6.89. The lowest BCUT2D eigenvalue weighted by atomic mass is 10.1. The van der Waals surface area contributed by atoms with E-state index in [1.807, 2.05) is 6.92 Å². The quantitative estimate of drug-likeness (QED) is 0.879. The predicted molar refractivity (Wildman–Crippen MR) is 78.2 cm³/mol. The van der Waals surface area contributed by atoms with Crippen molar-refractivity contribution in [3.8, 4) is 0 Å². The van der Waals surface area contributed by atoms with Gasteiger partial charge in [0.2, 0.25) is 0 Å². The van der Waals surface area contributed by atoms with Crippen molar-refractivity contribution in [2.75, 3.05) is 32.1 Å². The SMILES string of the molecule is Cc1nnc(N2CC(C)C(N(C)C)C2)c(CN)c1C. The first kappa shape index (κ1) is 14.2. The molecule has 0 saturated carbocycles. The van der Waals surface area contributed by atoms with E-state index < -0.39 is 0 Å². The Morgan fingerprint density at radius 3 is 2.47 bits per heavy atom. The Kier molecular flexibility index (Phi) is 4.06. The summed E-state index contributed by atoms with van der Waals surface area (Å²) in [4.78, 5) is 4.62. The van der Waals surface area contributed by atoms with Gasteiger partial charge in [0, 0.05) is 31.2 Å². The third-order valence-electron chi connectivity index (χ3n) is 4.30. The number of nitrogens with two attached hydrogens (primary N) is 1. The summed E-state index contributed by atoms with van der Waals surface area (Å²) in [5, 5.41) is 8.66. The highest BCUT2D eigenvalue weighted by atomic mass is 15.3. The molecule has 1 aliphatic heterocycles. The Morgan fingerprint density at radius 2 is 1.95 bits per heavy atom. The van der Waals surface area contributed by atoms with E-state index in [2.05, 4.69) is 47.9 Å². The van der Waals surface area contributed by atoms with Crippen LogP contribution in [0.1, 0.15) is 23.7 Å². The van der Waals surface area contributed by atoms with Crippen LogP contribution in [0.4, 0.5) is 5.82 Å². The van der Waals surface area contributed by atoms with Gasteiger partial charge < -0.3 is 15.5 Å². The number of anilines is 1. The highest BCUT2D eigenvalue weighted by Crippen LogP contribution is 2.28. The summed E-state index contributed by atoms with van der Waals surface area (Å²) in [6, 6.07) is 0.564. The zero-order valence-corrected chi connectivity index (χ0v) is 12.6. The van der Waals surface area contributed by atoms with Crippen molar-refractivity contribution in [3.05, 3.63) is 16.8 Å². The number of rotatable bonds is 3. The second-order valence-corrected chi connectivity index (χ2v) is 5.83. The van der Waals surface area contributed by atoms with Crippen LogP contribution < -0.4 is 10.6 Å². The van der Waals surface area contributed by atoms with Crippen molar-refractivity contribution in [2.24, 2.45) is 11.7 Å². The lowest BCUT2D eigenvalue weighted by molar-refractivity contribution is 0.266. The summed E-state index contributed by atoms with van der Waals surface area (Å²) in [6.07, 6.45) is 0. The molecule has 0 aliphatic carbocycles. The van der Waals surface area contributed by atoms with Gasteiger partial charge in [0.05, 0.1) is 5.69 Å². The van der Waals surface area contributed by atoms with Gasteiger partial charge in [-0.1, -0.05) is 6.92 Å². The van der Waals surface area contributed by atoms with E-state index in [1.165, 1.54) is 5.56 Å². The number of hydrogen-bond donors (Lipinski definition) is 1. The third kappa shape index (κ3) is 2.58. The van der Waals surface area contributed by atoms with Crippen LogP contribution in [0, 0.1) is 19.8 Å². The number of aromatic nitrogens is 2. The minimum absolute atomic E-state index is 0.523. The first-order valence-corrected chi connectivity index (χ1v) is 6.89. The summed E-state index contributed by atoms with van der Waals surface area (Å²) in [5.74, 6) is 1.60. The van der Waals surface area contributed by atoms with Gasteiger partial charge in [-0.2, -0.15) is 5.10 Å². The van der Waals surface area contributed by atoms with Crippen LogP contribution in [0.2, 0.25) is 0 Å². The van der Waals surface area contributed by atoms with Gasteiger partial charge in [-0.05, 0) is 39.4 Å². The second kappa shape index (κ2) is 5.43. The fourth-order valence-electron chi connectivity index (χ4n) is 2.94. The predicted octanol–water partition coefficient (Wildman–Crippen LogP) is 0.938. The third-order valence-corrected chi connectivity index (χ3v) is 4.30. The normalized spacial score (nSPS) is 23.4. The van der Waals surface area contributed by atoms with Crippen LogP contribution in [0.25, 0.3) is 0 Å². The highest BCUT2D eigenvalue weighted by molar-refractivity contribution is 5.51. The van der Waals surface area contributed by atoms with Crippen LogP contribution in [0.5, 0.6) is 0 Å². The first-order chi connectivity index (χ1) is 8.95. The van der Waals surface area contributed by atoms with Gasteiger partial charge in [0.25, 0.3) is 0 Å². The van der Waals surface area contributed by atoms with E-state index in [4.69, 9.17) is 5.73 Å². The highest BCUT2D eigenvalue weighted by Gasteiger charge is 2.33. The van der Waals surface area contributed by atoms with E-state index in [-0.39, 0.29) is 0 Å². The van der Waals surface area contributed by atoms with Gasteiger partial charge in [-0.25, -0.2) is 0 Å². The molecule has 1 aromatic rings. The minimum atomic E-state index is 0.523. The molecule has 0 aromatic carbocycles. The number of hydrogen-bond acceptors (Lipinski definition) is 5. The lowest BCUT2D eigenvalue weighted by Crippen LogP contribution is -2.34. The van der Waals surface area contributed by atoms with Gasteiger partial charge in [-0.3, -0.25) is 0 Å². The zero-order chi connectivity index (χ0) is 14.2. The molecule has 0 radical (unpaired) electrons. The van der Waals surface area contributed by atoms with Crippen LogP contribution in [0.3, 0.4) is 0 Å². The topological polar surface area (TPSA) is 58.3 Å². The molecule has 19 heavy (non-hydrogen) atoms. The van der Waals surface area contributed by atoms with Crippen molar-refractivity contribution >= 4 is 5.82 Å². The van der Waals surface area contributed by atoms with E-state index in [9.17, 15) is 0 Å². The number of nitrogens with zero attached hydrogens (tertiary/aromatic N) is 4. The molecule has 1 aliphatic rings. The summed E-state index contributed by atoms with van der Waals surface area (Å²) < 4.78 is 0. The van der Waals surface area contributed by atoms with E-state index >= 15 is 0 Å². The molecule has 0 spiro atoms. The maximum Gasteiger partial charge on any atom is 0.156 e. The van der Waals surface area contributed by atoms with E-state index in [1.54, 1.807) is 0 Å². The Labute approximate surface area is 115 Å². The van der Waals surface area contributed by atoms with E-state index in [0.717, 1.165) is 30.2 Å². The number of likely N-dealkylation sites (N-methyl/N-ethyl adjacent to an activating group) is 1. The molecule has 1 aromatic heterocycles. The fourth-order valence-corrected chi connectivity index (χ4v) is 2.94. The van der Waals surface area contributed by atoms with Gasteiger partial charge in [-0.15, -0.1) is 5.10 Å². The molecule has 5 heteroatoms. The Balaban J connectivity index is 2.31. The molecule has 1 fully saturated rings. The molecule has 2 rings (SSSR count). The van der Waals surface area contributed by atoms with E-state index in [0.29, 0.717) is 18.5 Å². The molecule has 106 valence electrons. The average molecular weight is 263 g/mol. The largest absolute Gasteiger partial charge is 0.353 e. The molecule has 0 amide bonds. The standard InChI is InChI=1S/C14H25N5/c1-9-7-19(8-13(9)18(4)5)14-12(6-15)10(2)11(3)16-17-14/h9,13H,6-8,15H2,1-5H3. The average Bonchev–Trinajstić information content (AvgIpc) is 2.74. The monoisotopic (exact) mass is 263 g/mol. The van der Waals surface area contributed by atoms with Crippen LogP contribution >= 0.6 is 0 Å². The summed E-state index contributed by atoms with van der Waals surface area (Å²) in [6.45, 7) is 8.90. The molecule has 2 N–H and O–H groups in total. The van der Waals surface area contributed by atoms with Gasteiger partial charge in [0.1, 0.15) is 0 Å². The van der Waals surface area contributed by atoms with Crippen LogP contribution in [-0.2, 0) is 6.54 Å². The van der Waals surface area contributed by atoms with Crippen molar-refractivity contribution in [2.45, 2.75) is 33.4 Å². The van der Waals surface area contributed by atoms with Crippen LogP contribution in [-0.4, -0.2) is 48.3 Å². The van der Waals surface area contributed by atoms with Crippen LogP contribution in [0.15, 0.2) is 0 Å². The molecule has 2 heterocycles.